The summed E-state index contributed by atoms with van der Waals surface area (Å²) in [4.78, 5) is 25.2. The fraction of sp³-hybridized carbons (Fsp3) is 0.857. The molecule has 1 aliphatic heterocycles. The van der Waals surface area contributed by atoms with Crippen molar-refractivity contribution in [3.8, 4) is 0 Å². The third-order valence-corrected chi connectivity index (χ3v) is 4.45. The number of hydrogen-bond donors (Lipinski definition) is 1. The molecule has 2 aliphatic rings. The Morgan fingerprint density at radius 3 is 2.33 bits per heavy atom. The van der Waals surface area contributed by atoms with Gasteiger partial charge >= 0.3 is 5.97 Å². The third-order valence-electron chi connectivity index (χ3n) is 4.45. The number of carboxylic acids is 1. The summed E-state index contributed by atoms with van der Waals surface area (Å²) in [7, 11) is 0. The normalized spacial score (nSPS) is 33.2. The summed E-state index contributed by atoms with van der Waals surface area (Å²) in [6.07, 6.45) is 5.76. The van der Waals surface area contributed by atoms with Gasteiger partial charge in [-0.2, -0.15) is 0 Å². The van der Waals surface area contributed by atoms with Gasteiger partial charge in [0, 0.05) is 19.0 Å². The van der Waals surface area contributed by atoms with Crippen molar-refractivity contribution in [3.05, 3.63) is 0 Å². The molecule has 2 fully saturated rings. The molecule has 4 nitrogen and oxygen atoms in total. The monoisotopic (exact) mass is 253 g/mol. The predicted molar refractivity (Wildman–Crippen MR) is 68.1 cm³/mol. The zero-order valence-corrected chi connectivity index (χ0v) is 11.1. The van der Waals surface area contributed by atoms with Gasteiger partial charge in [-0.25, -0.2) is 0 Å². The van der Waals surface area contributed by atoms with Crippen molar-refractivity contribution in [1.29, 1.82) is 0 Å². The molecule has 18 heavy (non-hydrogen) atoms. The number of carboxylic acid groups (broad SMARTS) is 1. The Morgan fingerprint density at radius 2 is 1.72 bits per heavy atom. The van der Waals surface area contributed by atoms with Gasteiger partial charge < -0.3 is 10.0 Å². The first-order chi connectivity index (χ1) is 8.58. The summed E-state index contributed by atoms with van der Waals surface area (Å²) in [5.74, 6) is -0.0289. The highest BCUT2D eigenvalue weighted by Crippen LogP contribution is 2.30. The predicted octanol–water partition coefficient (Wildman–Crippen LogP) is 2.14. The SMILES string of the molecule is CC1CCC(C(=O)N2CCC[C@H](C(=O)O)C2)CC1. The van der Waals surface area contributed by atoms with Crippen LogP contribution in [0.2, 0.25) is 0 Å². The van der Waals surface area contributed by atoms with E-state index >= 15 is 0 Å². The van der Waals surface area contributed by atoms with Crippen molar-refractivity contribution >= 4 is 11.9 Å². The minimum atomic E-state index is -0.759. The molecule has 2 rings (SSSR count). The van der Waals surface area contributed by atoms with Gasteiger partial charge in [-0.05, 0) is 44.4 Å². The van der Waals surface area contributed by atoms with Crippen molar-refractivity contribution < 1.29 is 14.7 Å². The van der Waals surface area contributed by atoms with Gasteiger partial charge in [0.2, 0.25) is 5.91 Å². The Bertz CT molecular complexity index is 321. The lowest BCUT2D eigenvalue weighted by atomic mass is 9.82. The second-order valence-electron chi connectivity index (χ2n) is 5.92. The third kappa shape index (κ3) is 3.03. The smallest absolute Gasteiger partial charge is 0.308 e. The maximum absolute atomic E-state index is 12.4. The van der Waals surface area contributed by atoms with Gasteiger partial charge in [0.1, 0.15) is 0 Å². The second kappa shape index (κ2) is 5.72. The van der Waals surface area contributed by atoms with E-state index in [0.29, 0.717) is 13.0 Å². The van der Waals surface area contributed by atoms with Crippen LogP contribution in [0.4, 0.5) is 0 Å². The molecule has 1 saturated carbocycles. The topological polar surface area (TPSA) is 57.6 Å². The largest absolute Gasteiger partial charge is 0.481 e. The van der Waals surface area contributed by atoms with Crippen molar-refractivity contribution in [1.82, 2.24) is 4.90 Å². The minimum Gasteiger partial charge on any atom is -0.481 e. The van der Waals surface area contributed by atoms with E-state index in [1.54, 1.807) is 4.90 Å². The van der Waals surface area contributed by atoms with E-state index in [9.17, 15) is 9.59 Å². The van der Waals surface area contributed by atoms with Crippen molar-refractivity contribution in [2.24, 2.45) is 17.8 Å². The lowest BCUT2D eigenvalue weighted by Crippen LogP contribution is -2.45. The molecule has 1 heterocycles. The van der Waals surface area contributed by atoms with E-state index in [0.717, 1.165) is 44.6 Å². The van der Waals surface area contributed by atoms with Gasteiger partial charge in [-0.1, -0.05) is 6.92 Å². The van der Waals surface area contributed by atoms with Crippen molar-refractivity contribution in [2.75, 3.05) is 13.1 Å². The van der Waals surface area contributed by atoms with Gasteiger partial charge in [0.05, 0.1) is 5.92 Å². The zero-order valence-electron chi connectivity index (χ0n) is 11.1. The highest BCUT2D eigenvalue weighted by molar-refractivity contribution is 5.80. The van der Waals surface area contributed by atoms with Crippen LogP contribution in [0, 0.1) is 17.8 Å². The van der Waals surface area contributed by atoms with Gasteiger partial charge in [-0.15, -0.1) is 0 Å². The summed E-state index contributed by atoms with van der Waals surface area (Å²) in [5.41, 5.74) is 0. The summed E-state index contributed by atoms with van der Waals surface area (Å²) >= 11 is 0. The van der Waals surface area contributed by atoms with Crippen LogP contribution in [-0.4, -0.2) is 35.0 Å². The number of amides is 1. The van der Waals surface area contributed by atoms with Crippen LogP contribution in [0.1, 0.15) is 45.4 Å². The molecule has 102 valence electrons. The second-order valence-corrected chi connectivity index (χ2v) is 5.92. The number of nitrogens with zero attached hydrogens (tertiary/aromatic N) is 1. The summed E-state index contributed by atoms with van der Waals surface area (Å²) < 4.78 is 0. The quantitative estimate of drug-likeness (QED) is 0.820. The maximum Gasteiger partial charge on any atom is 0.308 e. The minimum absolute atomic E-state index is 0.147. The Morgan fingerprint density at radius 1 is 1.06 bits per heavy atom. The van der Waals surface area contributed by atoms with Crippen LogP contribution in [-0.2, 0) is 9.59 Å². The van der Waals surface area contributed by atoms with Crippen molar-refractivity contribution in [2.45, 2.75) is 45.4 Å². The number of carbonyl (C=O) groups excluding carboxylic acids is 1. The van der Waals surface area contributed by atoms with Crippen LogP contribution in [0.3, 0.4) is 0 Å². The molecule has 0 aromatic rings. The lowest BCUT2D eigenvalue weighted by Gasteiger charge is -2.35. The first kappa shape index (κ1) is 13.4. The molecule has 0 unspecified atom stereocenters. The van der Waals surface area contributed by atoms with Crippen LogP contribution in [0.5, 0.6) is 0 Å². The molecule has 4 heteroatoms. The van der Waals surface area contributed by atoms with E-state index in [1.807, 2.05) is 0 Å². The summed E-state index contributed by atoms with van der Waals surface area (Å²) in [5, 5.41) is 9.04. The fourth-order valence-corrected chi connectivity index (χ4v) is 3.14. The van der Waals surface area contributed by atoms with Gasteiger partial charge in [-0.3, -0.25) is 9.59 Å². The number of likely N-dealkylation sites (tertiary alicyclic amines) is 1. The van der Waals surface area contributed by atoms with E-state index in [4.69, 9.17) is 5.11 Å². The van der Waals surface area contributed by atoms with Crippen LogP contribution >= 0.6 is 0 Å². The van der Waals surface area contributed by atoms with E-state index in [-0.39, 0.29) is 17.7 Å². The Hall–Kier alpha value is -1.06. The van der Waals surface area contributed by atoms with E-state index in [2.05, 4.69) is 6.92 Å². The summed E-state index contributed by atoms with van der Waals surface area (Å²) in [6, 6.07) is 0. The summed E-state index contributed by atoms with van der Waals surface area (Å²) in [6.45, 7) is 3.40. The number of carbonyl (C=O) groups is 2. The first-order valence-electron chi connectivity index (χ1n) is 7.09. The molecule has 0 aromatic carbocycles. The van der Waals surface area contributed by atoms with Crippen LogP contribution < -0.4 is 0 Å². The first-order valence-corrected chi connectivity index (χ1v) is 7.09. The Balaban J connectivity index is 1.90. The fourth-order valence-electron chi connectivity index (χ4n) is 3.14. The number of piperidine rings is 1. The molecule has 1 N–H and O–H groups in total. The molecule has 0 bridgehead atoms. The molecule has 1 aliphatic carbocycles. The molecule has 0 radical (unpaired) electrons. The molecule has 0 aromatic heterocycles. The lowest BCUT2D eigenvalue weighted by molar-refractivity contribution is -0.147. The van der Waals surface area contributed by atoms with Crippen LogP contribution in [0.15, 0.2) is 0 Å². The molecular formula is C14H23NO3. The van der Waals surface area contributed by atoms with Crippen molar-refractivity contribution in [3.63, 3.8) is 0 Å². The van der Waals surface area contributed by atoms with E-state index in [1.165, 1.54) is 0 Å². The zero-order chi connectivity index (χ0) is 13.1. The number of hydrogen-bond acceptors (Lipinski definition) is 2. The van der Waals surface area contributed by atoms with Gasteiger partial charge in [0.15, 0.2) is 0 Å². The van der Waals surface area contributed by atoms with Gasteiger partial charge in [0.25, 0.3) is 0 Å². The van der Waals surface area contributed by atoms with E-state index < -0.39 is 5.97 Å². The molecule has 0 spiro atoms. The number of rotatable bonds is 2. The Labute approximate surface area is 108 Å². The standard InChI is InChI=1S/C14H23NO3/c1-10-4-6-11(7-5-10)13(16)15-8-2-3-12(9-15)14(17)18/h10-12H,2-9H2,1H3,(H,17,18)/t10?,11?,12-/m0/s1. The van der Waals surface area contributed by atoms with Crippen LogP contribution in [0.25, 0.3) is 0 Å². The highest BCUT2D eigenvalue weighted by Gasteiger charge is 2.32. The maximum atomic E-state index is 12.4. The molecule has 1 amide bonds. The Kier molecular flexibility index (Phi) is 4.25. The number of aliphatic carboxylic acids is 1. The highest BCUT2D eigenvalue weighted by atomic mass is 16.4. The molecule has 1 atom stereocenters. The average molecular weight is 253 g/mol. The molecular weight excluding hydrogens is 230 g/mol. The average Bonchev–Trinajstić information content (AvgIpc) is 2.39. The molecule has 1 saturated heterocycles.